The maximum absolute atomic E-state index is 5.46. The van der Waals surface area contributed by atoms with Gasteiger partial charge in [-0.3, -0.25) is 19.7 Å². The van der Waals surface area contributed by atoms with Gasteiger partial charge in [-0.15, -0.1) is 24.0 Å². The van der Waals surface area contributed by atoms with E-state index in [-0.39, 0.29) is 24.0 Å². The molecule has 4 heterocycles. The first kappa shape index (κ1) is 23.6. The summed E-state index contributed by atoms with van der Waals surface area (Å²) in [5.74, 6) is 1.82. The predicted molar refractivity (Wildman–Crippen MR) is 133 cm³/mol. The number of methoxy groups -OCH3 is 1. The normalized spacial score (nSPS) is 27.4. The third kappa shape index (κ3) is 5.77. The molecule has 4 fully saturated rings. The van der Waals surface area contributed by atoms with E-state index in [2.05, 4.69) is 48.5 Å². The number of nitrogens with zero attached hydrogens (tertiary/aromatic N) is 4. The Hall–Kier alpha value is -1.10. The number of hydrogen-bond donors (Lipinski definition) is 2. The number of aliphatic imine (C=N–C) groups is 1. The minimum Gasteiger partial charge on any atom is -0.497 e. The molecule has 30 heavy (non-hydrogen) atoms. The van der Waals surface area contributed by atoms with Crippen LogP contribution < -0.4 is 15.4 Å². The van der Waals surface area contributed by atoms with E-state index < -0.39 is 0 Å². The smallest absolute Gasteiger partial charge is 0.191 e. The maximum atomic E-state index is 5.46. The number of hydrogen-bond acceptors (Lipinski definition) is 5. The van der Waals surface area contributed by atoms with Crippen molar-refractivity contribution in [2.45, 2.75) is 24.9 Å². The Labute approximate surface area is 198 Å². The molecule has 0 aliphatic carbocycles. The van der Waals surface area contributed by atoms with Gasteiger partial charge in [-0.25, -0.2) is 0 Å². The van der Waals surface area contributed by atoms with E-state index >= 15 is 0 Å². The third-order valence-corrected chi connectivity index (χ3v) is 6.64. The number of halogens is 1. The summed E-state index contributed by atoms with van der Waals surface area (Å²) < 4.78 is 5.46. The number of piperazine rings is 3. The molecule has 168 valence electrons. The van der Waals surface area contributed by atoms with Crippen LogP contribution in [0.4, 0.5) is 0 Å². The Morgan fingerprint density at radius 1 is 1.13 bits per heavy atom. The Kier molecular flexibility index (Phi) is 9.03. The highest BCUT2D eigenvalue weighted by molar-refractivity contribution is 14.0. The minimum atomic E-state index is 0. The summed E-state index contributed by atoms with van der Waals surface area (Å²) >= 11 is 0. The van der Waals surface area contributed by atoms with Crippen molar-refractivity contribution in [1.29, 1.82) is 0 Å². The monoisotopic (exact) mass is 528 g/mol. The summed E-state index contributed by atoms with van der Waals surface area (Å²) in [4.78, 5) is 12.2. The number of likely N-dealkylation sites (tertiary alicyclic amines) is 1. The highest BCUT2D eigenvalue weighted by Crippen LogP contribution is 2.27. The first-order chi connectivity index (χ1) is 14.3. The molecule has 2 atom stereocenters. The molecule has 4 aliphatic rings. The number of ether oxygens (including phenoxy) is 1. The number of benzene rings is 1. The fourth-order valence-electron chi connectivity index (χ4n) is 4.91. The summed E-state index contributed by atoms with van der Waals surface area (Å²) in [6.07, 6.45) is 2.56. The zero-order chi connectivity index (χ0) is 20.1. The van der Waals surface area contributed by atoms with Gasteiger partial charge in [-0.2, -0.15) is 0 Å². The van der Waals surface area contributed by atoms with Crippen molar-refractivity contribution < 1.29 is 4.74 Å². The first-order valence-electron chi connectivity index (χ1n) is 11.1. The zero-order valence-corrected chi connectivity index (χ0v) is 20.7. The lowest BCUT2D eigenvalue weighted by Crippen LogP contribution is -2.63. The van der Waals surface area contributed by atoms with E-state index in [1.165, 1.54) is 51.1 Å². The molecule has 1 aromatic rings. The van der Waals surface area contributed by atoms with Gasteiger partial charge in [-0.05, 0) is 43.6 Å². The van der Waals surface area contributed by atoms with Crippen LogP contribution in [0.25, 0.3) is 0 Å². The van der Waals surface area contributed by atoms with Gasteiger partial charge in [0.15, 0.2) is 5.96 Å². The molecule has 0 amide bonds. The van der Waals surface area contributed by atoms with E-state index in [9.17, 15) is 0 Å². The van der Waals surface area contributed by atoms with Gasteiger partial charge < -0.3 is 15.4 Å². The van der Waals surface area contributed by atoms with Crippen LogP contribution in [0, 0.1) is 0 Å². The highest BCUT2D eigenvalue weighted by atomic mass is 127. The van der Waals surface area contributed by atoms with Gasteiger partial charge in [0.25, 0.3) is 0 Å². The number of guanidine groups is 1. The van der Waals surface area contributed by atoms with Crippen LogP contribution in [0.2, 0.25) is 0 Å². The molecule has 2 N–H and O–H groups in total. The Balaban J connectivity index is 0.00000256. The average Bonchev–Trinajstić information content (AvgIpc) is 3.31. The number of rotatable bonds is 7. The van der Waals surface area contributed by atoms with Crippen LogP contribution in [0.1, 0.15) is 24.4 Å². The SMILES string of the molecule is CN=C(NCC1CN2CCN1CC2)NCC(c1cccc(OC)c1)N1CCCC1.I. The summed E-state index contributed by atoms with van der Waals surface area (Å²) in [5, 5.41) is 7.16. The number of fused-ring (bicyclic) bond motifs is 3. The molecule has 4 saturated heterocycles. The van der Waals surface area contributed by atoms with Gasteiger partial charge in [0.1, 0.15) is 5.75 Å². The Bertz CT molecular complexity index is 688. The Morgan fingerprint density at radius 3 is 2.53 bits per heavy atom. The summed E-state index contributed by atoms with van der Waals surface area (Å²) in [6, 6.07) is 9.40. The van der Waals surface area contributed by atoms with E-state index in [1.807, 2.05) is 13.1 Å². The molecule has 2 bridgehead atoms. The Morgan fingerprint density at radius 2 is 1.90 bits per heavy atom. The quantitative estimate of drug-likeness (QED) is 0.319. The van der Waals surface area contributed by atoms with Crippen molar-refractivity contribution in [3.05, 3.63) is 29.8 Å². The second-order valence-corrected chi connectivity index (χ2v) is 8.36. The molecule has 0 aromatic heterocycles. The molecule has 8 heteroatoms. The predicted octanol–water partition coefficient (Wildman–Crippen LogP) is 1.61. The average molecular weight is 528 g/mol. The molecular formula is C22H37IN6O. The van der Waals surface area contributed by atoms with Gasteiger partial charge in [0.05, 0.1) is 13.2 Å². The van der Waals surface area contributed by atoms with Gasteiger partial charge in [-0.1, -0.05) is 12.1 Å². The van der Waals surface area contributed by atoms with E-state index in [0.29, 0.717) is 12.1 Å². The fraction of sp³-hybridized carbons (Fsp3) is 0.682. The third-order valence-electron chi connectivity index (χ3n) is 6.64. The van der Waals surface area contributed by atoms with Crippen LogP contribution in [-0.2, 0) is 0 Å². The lowest BCUT2D eigenvalue weighted by atomic mass is 10.1. The standard InChI is InChI=1S/C22H36N6O.HI/c1-23-22(24-15-19-17-26-10-12-27(19)13-11-26)25-16-21(28-8-3-4-9-28)18-6-5-7-20(14-18)29-2;/h5-7,14,19,21H,3-4,8-13,15-17H2,1-2H3,(H2,23,24,25);1H. The van der Waals surface area contributed by atoms with Gasteiger partial charge in [0.2, 0.25) is 0 Å². The zero-order valence-electron chi connectivity index (χ0n) is 18.3. The van der Waals surface area contributed by atoms with Crippen molar-refractivity contribution >= 4 is 29.9 Å². The van der Waals surface area contributed by atoms with E-state index in [0.717, 1.165) is 37.9 Å². The molecule has 1 aromatic carbocycles. The fourth-order valence-corrected chi connectivity index (χ4v) is 4.91. The lowest BCUT2D eigenvalue weighted by molar-refractivity contribution is 0.0154. The topological polar surface area (TPSA) is 55.4 Å². The molecule has 0 spiro atoms. The van der Waals surface area contributed by atoms with Crippen molar-refractivity contribution in [3.63, 3.8) is 0 Å². The highest BCUT2D eigenvalue weighted by Gasteiger charge is 2.31. The maximum Gasteiger partial charge on any atom is 0.191 e. The van der Waals surface area contributed by atoms with Crippen LogP contribution in [0.5, 0.6) is 5.75 Å². The van der Waals surface area contributed by atoms with Crippen LogP contribution in [0.3, 0.4) is 0 Å². The number of nitrogens with one attached hydrogen (secondary N) is 2. The van der Waals surface area contributed by atoms with Crippen LogP contribution >= 0.6 is 24.0 Å². The molecular weight excluding hydrogens is 491 g/mol. The summed E-state index contributed by atoms with van der Waals surface area (Å²) in [7, 11) is 3.60. The van der Waals surface area contributed by atoms with Gasteiger partial charge in [0, 0.05) is 58.9 Å². The lowest BCUT2D eigenvalue weighted by Gasteiger charge is -2.47. The van der Waals surface area contributed by atoms with E-state index in [1.54, 1.807) is 7.11 Å². The van der Waals surface area contributed by atoms with Crippen molar-refractivity contribution in [1.82, 2.24) is 25.3 Å². The molecule has 5 rings (SSSR count). The van der Waals surface area contributed by atoms with Crippen LogP contribution in [0.15, 0.2) is 29.3 Å². The van der Waals surface area contributed by atoms with Crippen molar-refractivity contribution in [2.75, 3.05) is 73.1 Å². The molecule has 2 unspecified atom stereocenters. The second-order valence-electron chi connectivity index (χ2n) is 8.36. The van der Waals surface area contributed by atoms with Gasteiger partial charge >= 0.3 is 0 Å². The van der Waals surface area contributed by atoms with Crippen molar-refractivity contribution in [2.24, 2.45) is 4.99 Å². The molecule has 7 nitrogen and oxygen atoms in total. The minimum absolute atomic E-state index is 0. The second kappa shape index (κ2) is 11.5. The summed E-state index contributed by atoms with van der Waals surface area (Å²) in [5.41, 5.74) is 1.30. The molecule has 0 radical (unpaired) electrons. The molecule has 4 aliphatic heterocycles. The molecule has 0 saturated carbocycles. The first-order valence-corrected chi connectivity index (χ1v) is 11.1. The summed E-state index contributed by atoms with van der Waals surface area (Å²) in [6.45, 7) is 10.1. The largest absolute Gasteiger partial charge is 0.497 e. The van der Waals surface area contributed by atoms with E-state index in [4.69, 9.17) is 4.74 Å². The van der Waals surface area contributed by atoms with Crippen LogP contribution in [-0.4, -0.2) is 99.8 Å². The van der Waals surface area contributed by atoms with Crippen molar-refractivity contribution in [3.8, 4) is 5.75 Å².